The topological polar surface area (TPSA) is 49.5 Å². The van der Waals surface area contributed by atoms with Crippen LogP contribution < -0.4 is 0 Å². The van der Waals surface area contributed by atoms with E-state index in [1.807, 2.05) is 0 Å². The van der Waals surface area contributed by atoms with Crippen molar-refractivity contribution in [1.82, 2.24) is 9.88 Å². The first-order chi connectivity index (χ1) is 12.7. The Morgan fingerprint density at radius 1 is 0.923 bits per heavy atom. The minimum atomic E-state index is 0.232. The largest absolute Gasteiger partial charge is 0.508 e. The predicted molar refractivity (Wildman–Crippen MR) is 103 cm³/mol. The summed E-state index contributed by atoms with van der Waals surface area (Å²) in [6, 6.07) is 21.7. The van der Waals surface area contributed by atoms with E-state index in [9.17, 15) is 5.11 Å². The van der Waals surface area contributed by atoms with E-state index in [1.165, 1.54) is 16.3 Å². The van der Waals surface area contributed by atoms with Gasteiger partial charge in [-0.1, -0.05) is 42.5 Å². The van der Waals surface area contributed by atoms with Crippen LogP contribution in [0.15, 0.2) is 77.4 Å². The summed E-state index contributed by atoms with van der Waals surface area (Å²) in [5.41, 5.74) is 3.04. The third-order valence-corrected chi connectivity index (χ3v) is 4.42. The van der Waals surface area contributed by atoms with Crippen molar-refractivity contribution in [3.8, 4) is 17.2 Å². The van der Waals surface area contributed by atoms with Crippen molar-refractivity contribution in [3.05, 3.63) is 84.3 Å². The first-order valence-corrected chi connectivity index (χ1v) is 8.58. The standard InChI is InChI=1S/C22H20N2O2/c1-24(13-18-7-4-6-16-5-2-3-8-21(16)18)14-19-15-26-22(23-19)17-9-11-20(25)12-10-17/h2-12,15,25H,13-14H2,1H3. The molecule has 0 aliphatic carbocycles. The second kappa shape index (κ2) is 7.02. The van der Waals surface area contributed by atoms with Gasteiger partial charge in [-0.2, -0.15) is 0 Å². The molecule has 0 unspecified atom stereocenters. The van der Waals surface area contributed by atoms with Gasteiger partial charge < -0.3 is 9.52 Å². The fraction of sp³-hybridized carbons (Fsp3) is 0.136. The Bertz CT molecular complexity index is 1020. The molecule has 0 fully saturated rings. The third-order valence-electron chi connectivity index (χ3n) is 4.42. The number of aromatic hydroxyl groups is 1. The molecule has 1 N–H and O–H groups in total. The highest BCUT2D eigenvalue weighted by Crippen LogP contribution is 2.23. The van der Waals surface area contributed by atoms with Gasteiger partial charge in [-0.3, -0.25) is 4.90 Å². The van der Waals surface area contributed by atoms with Crippen molar-refractivity contribution in [2.45, 2.75) is 13.1 Å². The molecule has 1 aromatic heterocycles. The second-order valence-electron chi connectivity index (χ2n) is 6.50. The van der Waals surface area contributed by atoms with Crippen LogP contribution in [0.25, 0.3) is 22.2 Å². The Labute approximate surface area is 152 Å². The molecule has 4 nitrogen and oxygen atoms in total. The summed E-state index contributed by atoms with van der Waals surface area (Å²) in [5.74, 6) is 0.800. The van der Waals surface area contributed by atoms with Gasteiger partial charge in [-0.15, -0.1) is 0 Å². The Balaban J connectivity index is 1.48. The maximum atomic E-state index is 9.39. The van der Waals surface area contributed by atoms with Crippen LogP contribution in [0.2, 0.25) is 0 Å². The van der Waals surface area contributed by atoms with Crippen LogP contribution in [-0.4, -0.2) is 22.0 Å². The number of hydrogen-bond donors (Lipinski definition) is 1. The van der Waals surface area contributed by atoms with Gasteiger partial charge in [0, 0.05) is 18.7 Å². The van der Waals surface area contributed by atoms with Crippen LogP contribution in [0, 0.1) is 0 Å². The highest BCUT2D eigenvalue weighted by atomic mass is 16.3. The van der Waals surface area contributed by atoms with E-state index < -0.39 is 0 Å². The quantitative estimate of drug-likeness (QED) is 0.563. The van der Waals surface area contributed by atoms with Crippen LogP contribution in [0.5, 0.6) is 5.75 Å². The van der Waals surface area contributed by atoms with Crippen LogP contribution in [0.3, 0.4) is 0 Å². The van der Waals surface area contributed by atoms with E-state index >= 15 is 0 Å². The van der Waals surface area contributed by atoms with E-state index in [2.05, 4.69) is 59.4 Å². The van der Waals surface area contributed by atoms with Crippen LogP contribution in [0.4, 0.5) is 0 Å². The molecule has 26 heavy (non-hydrogen) atoms. The maximum Gasteiger partial charge on any atom is 0.226 e. The van der Waals surface area contributed by atoms with Gasteiger partial charge in [0.2, 0.25) is 5.89 Å². The number of aromatic nitrogens is 1. The SMILES string of the molecule is CN(Cc1coc(-c2ccc(O)cc2)n1)Cc1cccc2ccccc12. The van der Waals surface area contributed by atoms with Crippen LogP contribution in [0.1, 0.15) is 11.3 Å². The van der Waals surface area contributed by atoms with Crippen LogP contribution in [-0.2, 0) is 13.1 Å². The normalized spacial score (nSPS) is 11.3. The minimum Gasteiger partial charge on any atom is -0.508 e. The summed E-state index contributed by atoms with van der Waals surface area (Å²) >= 11 is 0. The number of phenolic OH excluding ortho intramolecular Hbond substituents is 1. The summed E-state index contributed by atoms with van der Waals surface area (Å²) in [5, 5.41) is 11.9. The molecule has 4 aromatic rings. The van der Waals surface area contributed by atoms with E-state index in [0.717, 1.165) is 17.8 Å². The number of hydrogen-bond acceptors (Lipinski definition) is 4. The summed E-state index contributed by atoms with van der Waals surface area (Å²) in [6.45, 7) is 1.54. The summed E-state index contributed by atoms with van der Waals surface area (Å²) in [7, 11) is 2.08. The van der Waals surface area contributed by atoms with Crippen molar-refractivity contribution in [3.63, 3.8) is 0 Å². The predicted octanol–water partition coefficient (Wildman–Crippen LogP) is 4.83. The first-order valence-electron chi connectivity index (χ1n) is 8.58. The number of phenols is 1. The molecule has 0 aliphatic heterocycles. The van der Waals surface area contributed by atoms with Crippen molar-refractivity contribution in [1.29, 1.82) is 0 Å². The average Bonchev–Trinajstić information content (AvgIpc) is 3.11. The molecular formula is C22H20N2O2. The van der Waals surface area contributed by atoms with E-state index in [0.29, 0.717) is 12.4 Å². The lowest BCUT2D eigenvalue weighted by molar-refractivity contribution is 0.316. The number of rotatable bonds is 5. The minimum absolute atomic E-state index is 0.232. The van der Waals surface area contributed by atoms with Gasteiger partial charge in [0.15, 0.2) is 0 Å². The number of nitrogens with zero attached hydrogens (tertiary/aromatic N) is 2. The molecule has 0 saturated heterocycles. The maximum absolute atomic E-state index is 9.39. The fourth-order valence-electron chi connectivity index (χ4n) is 3.17. The Morgan fingerprint density at radius 3 is 2.54 bits per heavy atom. The fourth-order valence-corrected chi connectivity index (χ4v) is 3.17. The average molecular weight is 344 g/mol. The molecule has 0 atom stereocenters. The number of oxazole rings is 1. The smallest absolute Gasteiger partial charge is 0.226 e. The number of benzene rings is 3. The van der Waals surface area contributed by atoms with Gasteiger partial charge in [-0.05, 0) is 47.6 Å². The lowest BCUT2D eigenvalue weighted by Crippen LogP contribution is -2.17. The molecule has 0 bridgehead atoms. The van der Waals surface area contributed by atoms with Crippen molar-refractivity contribution < 1.29 is 9.52 Å². The molecule has 0 radical (unpaired) electrons. The molecular weight excluding hydrogens is 324 g/mol. The number of fused-ring (bicyclic) bond motifs is 1. The summed E-state index contributed by atoms with van der Waals surface area (Å²) in [6.07, 6.45) is 1.70. The zero-order valence-electron chi connectivity index (χ0n) is 14.6. The van der Waals surface area contributed by atoms with E-state index in [1.54, 1.807) is 30.5 Å². The lowest BCUT2D eigenvalue weighted by Gasteiger charge is -2.16. The van der Waals surface area contributed by atoms with Crippen molar-refractivity contribution in [2.75, 3.05) is 7.05 Å². The zero-order chi connectivity index (χ0) is 17.9. The molecule has 0 spiro atoms. The van der Waals surface area contributed by atoms with Gasteiger partial charge >= 0.3 is 0 Å². The first kappa shape index (κ1) is 16.4. The molecule has 4 rings (SSSR count). The van der Waals surface area contributed by atoms with Crippen molar-refractivity contribution >= 4 is 10.8 Å². The van der Waals surface area contributed by atoms with Gasteiger partial charge in [0.05, 0.1) is 5.69 Å². The van der Waals surface area contributed by atoms with E-state index in [4.69, 9.17) is 4.42 Å². The Morgan fingerprint density at radius 2 is 1.69 bits per heavy atom. The van der Waals surface area contributed by atoms with E-state index in [-0.39, 0.29) is 5.75 Å². The van der Waals surface area contributed by atoms with Crippen LogP contribution >= 0.6 is 0 Å². The monoisotopic (exact) mass is 344 g/mol. The molecule has 4 heteroatoms. The van der Waals surface area contributed by atoms with Gasteiger partial charge in [0.1, 0.15) is 12.0 Å². The summed E-state index contributed by atoms with van der Waals surface area (Å²) in [4.78, 5) is 6.79. The molecule has 0 amide bonds. The third kappa shape index (κ3) is 3.46. The molecule has 1 heterocycles. The van der Waals surface area contributed by atoms with Gasteiger partial charge in [0.25, 0.3) is 0 Å². The second-order valence-corrected chi connectivity index (χ2v) is 6.50. The molecule has 130 valence electrons. The van der Waals surface area contributed by atoms with Gasteiger partial charge in [-0.25, -0.2) is 4.98 Å². The Kier molecular flexibility index (Phi) is 4.42. The Hall–Kier alpha value is -3.11. The molecule has 3 aromatic carbocycles. The summed E-state index contributed by atoms with van der Waals surface area (Å²) < 4.78 is 5.59. The molecule has 0 saturated carbocycles. The van der Waals surface area contributed by atoms with Crippen molar-refractivity contribution in [2.24, 2.45) is 0 Å². The molecule has 0 aliphatic rings. The lowest BCUT2D eigenvalue weighted by atomic mass is 10.0. The highest BCUT2D eigenvalue weighted by molar-refractivity contribution is 5.85. The highest BCUT2D eigenvalue weighted by Gasteiger charge is 2.10. The zero-order valence-corrected chi connectivity index (χ0v) is 14.6.